The van der Waals surface area contributed by atoms with E-state index in [2.05, 4.69) is 10.1 Å². The number of amidine groups is 1. The first-order valence-electron chi connectivity index (χ1n) is 4.91. The fourth-order valence-corrected chi connectivity index (χ4v) is 1.37. The maximum Gasteiger partial charge on any atom is 0.384 e. The first kappa shape index (κ1) is 10.7. The number of fused-ring (bicyclic) bond motifs is 1. The van der Waals surface area contributed by atoms with Gasteiger partial charge in [-0.15, -0.1) is 0 Å². The number of hydrazone groups is 1. The van der Waals surface area contributed by atoms with Gasteiger partial charge in [0.1, 0.15) is 17.4 Å². The molecule has 1 unspecified atom stereocenters. The van der Waals surface area contributed by atoms with Crippen LogP contribution in [0.25, 0.3) is 0 Å². The molecule has 0 fully saturated rings. The number of ether oxygens (including phenoxy) is 2. The Morgan fingerprint density at radius 3 is 3.12 bits per heavy atom. The predicted octanol–water partition coefficient (Wildman–Crippen LogP) is 0.649. The lowest BCUT2D eigenvalue weighted by Crippen LogP contribution is -2.33. The Morgan fingerprint density at radius 1 is 1.44 bits per heavy atom. The van der Waals surface area contributed by atoms with Gasteiger partial charge in [-0.05, 0) is 12.2 Å². The number of nitrogens with zero attached hydrogens (tertiary/aromatic N) is 3. The van der Waals surface area contributed by atoms with Gasteiger partial charge in [0.15, 0.2) is 4.87 Å². The molecule has 0 radical (unpaired) electrons. The third kappa shape index (κ3) is 2.22. The Kier molecular flexibility index (Phi) is 3.21. The third-order valence-corrected chi connectivity index (χ3v) is 2.14. The average Bonchev–Trinajstić information content (AvgIpc) is 2.30. The van der Waals surface area contributed by atoms with E-state index < -0.39 is 6.04 Å². The zero-order valence-corrected chi connectivity index (χ0v) is 8.87. The van der Waals surface area contributed by atoms with Crippen LogP contribution >= 0.6 is 0 Å². The van der Waals surface area contributed by atoms with E-state index in [1.54, 1.807) is 25.3 Å². The van der Waals surface area contributed by atoms with Crippen LogP contribution in [0.4, 0.5) is 0 Å². The molecule has 2 aliphatic rings. The molecule has 6 nitrogen and oxygen atoms in total. The van der Waals surface area contributed by atoms with Crippen LogP contribution in [0.15, 0.2) is 34.4 Å². The van der Waals surface area contributed by atoms with Gasteiger partial charge in [-0.3, -0.25) is 0 Å². The lowest BCUT2D eigenvalue weighted by atomic mass is 10.1. The van der Waals surface area contributed by atoms with Crippen LogP contribution in [0.1, 0.15) is 0 Å². The number of nitroso groups, excluding NO2 is 1. The van der Waals surface area contributed by atoms with Crippen molar-refractivity contribution in [3.05, 3.63) is 29.2 Å². The highest BCUT2D eigenvalue weighted by molar-refractivity contribution is 6.07. The van der Waals surface area contributed by atoms with Gasteiger partial charge in [-0.1, -0.05) is 12.2 Å². The Balaban J connectivity index is 2.06. The first-order valence-corrected chi connectivity index (χ1v) is 4.91. The van der Waals surface area contributed by atoms with Crippen molar-refractivity contribution in [3.8, 4) is 0 Å². The van der Waals surface area contributed by atoms with Crippen molar-refractivity contribution in [3.63, 3.8) is 0 Å². The van der Waals surface area contributed by atoms with Crippen molar-refractivity contribution in [1.82, 2.24) is 0 Å². The minimum atomic E-state index is -0.431. The minimum absolute atomic E-state index is 0.0817. The van der Waals surface area contributed by atoms with Crippen molar-refractivity contribution in [2.75, 3.05) is 20.3 Å². The fourth-order valence-electron chi connectivity index (χ4n) is 1.37. The van der Waals surface area contributed by atoms with Gasteiger partial charge < -0.3 is 9.47 Å². The molecule has 1 heterocycles. The lowest BCUT2D eigenvalue weighted by Gasteiger charge is -2.10. The van der Waals surface area contributed by atoms with Gasteiger partial charge in [-0.25, -0.2) is 0 Å². The van der Waals surface area contributed by atoms with E-state index in [1.165, 1.54) is 0 Å². The molecule has 1 aliphatic heterocycles. The van der Waals surface area contributed by atoms with Crippen LogP contribution in [0.3, 0.4) is 0 Å². The van der Waals surface area contributed by atoms with E-state index in [1.807, 2.05) is 6.08 Å². The number of hydrogen-bond donors (Lipinski definition) is 0. The normalized spacial score (nSPS) is 22.6. The summed E-state index contributed by atoms with van der Waals surface area (Å²) < 4.78 is 10.0. The number of rotatable bonds is 3. The molecule has 0 N–H and O–H groups in total. The monoisotopic (exact) mass is 222 g/mol. The molecule has 6 heteroatoms. The molecular weight excluding hydrogens is 210 g/mol. The molecule has 0 amide bonds. The summed E-state index contributed by atoms with van der Waals surface area (Å²) >= 11 is 0. The van der Waals surface area contributed by atoms with Crippen LogP contribution in [-0.2, 0) is 9.47 Å². The van der Waals surface area contributed by atoms with Crippen LogP contribution in [0.2, 0.25) is 0 Å². The number of hydrogen-bond acceptors (Lipinski definition) is 4. The second-order valence-corrected chi connectivity index (χ2v) is 3.25. The van der Waals surface area contributed by atoms with Gasteiger partial charge in [0.25, 0.3) is 6.04 Å². The second kappa shape index (κ2) is 4.80. The maximum atomic E-state index is 11.5. The molecule has 0 bridgehead atoms. The molecule has 1 atom stereocenters. The van der Waals surface area contributed by atoms with E-state index in [9.17, 15) is 4.91 Å². The quantitative estimate of drug-likeness (QED) is 0.520. The Morgan fingerprint density at radius 2 is 2.31 bits per heavy atom. The van der Waals surface area contributed by atoms with Gasteiger partial charge in [0, 0.05) is 7.11 Å². The molecule has 0 saturated carbocycles. The molecular formula is C10H12N3O3+. The van der Waals surface area contributed by atoms with Gasteiger partial charge in [0.2, 0.25) is 0 Å². The van der Waals surface area contributed by atoms with Crippen molar-refractivity contribution in [2.45, 2.75) is 6.04 Å². The molecule has 0 aromatic carbocycles. The maximum absolute atomic E-state index is 11.5. The Hall–Kier alpha value is -1.82. The summed E-state index contributed by atoms with van der Waals surface area (Å²) in [6.45, 7) is 0.756. The van der Waals surface area contributed by atoms with Crippen molar-refractivity contribution >= 4 is 11.7 Å². The van der Waals surface area contributed by atoms with Gasteiger partial charge in [-0.2, -0.15) is 4.99 Å². The highest BCUT2D eigenvalue weighted by atomic mass is 16.5. The van der Waals surface area contributed by atoms with Gasteiger partial charge >= 0.3 is 6.02 Å². The average molecular weight is 222 g/mol. The van der Waals surface area contributed by atoms with Crippen LogP contribution in [0.5, 0.6) is 0 Å². The standard InChI is InChI=1S/C10H12N3O3/c1-15-6-7-16-10-11-8-4-2-3-5-9(8)13(14)12-10/h2-5,9H,6-7H2,1H3/q+1. The molecule has 0 aromatic heterocycles. The Labute approximate surface area is 92.5 Å². The third-order valence-electron chi connectivity index (χ3n) is 2.14. The zero-order valence-electron chi connectivity index (χ0n) is 8.87. The summed E-state index contributed by atoms with van der Waals surface area (Å²) in [5.74, 6) is 0. The largest absolute Gasteiger partial charge is 0.457 e. The number of allylic oxidation sites excluding steroid dienone is 2. The number of aliphatic imine (C=N–C) groups is 1. The molecule has 2 rings (SSSR count). The zero-order chi connectivity index (χ0) is 11.4. The van der Waals surface area contributed by atoms with Gasteiger partial charge in [0.05, 0.1) is 11.5 Å². The van der Waals surface area contributed by atoms with Crippen molar-refractivity contribution in [2.24, 2.45) is 10.1 Å². The summed E-state index contributed by atoms with van der Waals surface area (Å²) in [7, 11) is 1.57. The van der Waals surface area contributed by atoms with E-state index >= 15 is 0 Å². The smallest absolute Gasteiger partial charge is 0.384 e. The summed E-state index contributed by atoms with van der Waals surface area (Å²) in [4.78, 5) is 16.2. The van der Waals surface area contributed by atoms with E-state index in [0.717, 1.165) is 0 Å². The lowest BCUT2D eigenvalue weighted by molar-refractivity contribution is -0.566. The summed E-state index contributed by atoms with van der Waals surface area (Å²) in [6.07, 6.45) is 7.12. The molecule has 0 spiro atoms. The predicted molar refractivity (Wildman–Crippen MR) is 58.4 cm³/mol. The molecule has 84 valence electrons. The molecule has 1 aliphatic carbocycles. The second-order valence-electron chi connectivity index (χ2n) is 3.25. The topological polar surface area (TPSA) is 63.3 Å². The molecule has 0 saturated heterocycles. The summed E-state index contributed by atoms with van der Waals surface area (Å²) in [5.41, 5.74) is 0.639. The molecule has 0 aromatic rings. The highest BCUT2D eigenvalue weighted by Crippen LogP contribution is 2.11. The minimum Gasteiger partial charge on any atom is -0.457 e. The highest BCUT2D eigenvalue weighted by Gasteiger charge is 2.34. The van der Waals surface area contributed by atoms with E-state index in [-0.39, 0.29) is 6.02 Å². The summed E-state index contributed by atoms with van der Waals surface area (Å²) in [5, 5.41) is 3.68. The molecule has 16 heavy (non-hydrogen) atoms. The van der Waals surface area contributed by atoms with Crippen LogP contribution in [-0.4, -0.2) is 43.0 Å². The first-order chi connectivity index (χ1) is 7.81. The number of methoxy groups -OCH3 is 1. The summed E-state index contributed by atoms with van der Waals surface area (Å²) in [6, 6.07) is -0.349. The SMILES string of the molecule is COCCOC1=N[N+](=O)C2C=CC=CC2=N1. The van der Waals surface area contributed by atoms with E-state index in [4.69, 9.17) is 9.47 Å². The van der Waals surface area contributed by atoms with Crippen molar-refractivity contribution in [1.29, 1.82) is 0 Å². The van der Waals surface area contributed by atoms with Crippen molar-refractivity contribution < 1.29 is 14.3 Å². The van der Waals surface area contributed by atoms with Crippen LogP contribution in [0, 0.1) is 4.91 Å². The van der Waals surface area contributed by atoms with E-state index in [0.29, 0.717) is 23.8 Å². The Bertz CT molecular complexity index is 410. The van der Waals surface area contributed by atoms with Crippen LogP contribution < -0.4 is 0 Å². The fraction of sp³-hybridized carbons (Fsp3) is 0.400.